The average Bonchev–Trinajstić information content (AvgIpc) is 3.57. The van der Waals surface area contributed by atoms with E-state index in [2.05, 4.69) is 6.58 Å². The summed E-state index contributed by atoms with van der Waals surface area (Å²) in [7, 11) is 0. The molecule has 0 aromatic heterocycles. The zero-order valence-corrected chi connectivity index (χ0v) is 25.7. The van der Waals surface area contributed by atoms with Crippen LogP contribution in [0.3, 0.4) is 0 Å². The van der Waals surface area contributed by atoms with Crippen LogP contribution in [-0.4, -0.2) is 52.7 Å². The molecule has 4 fully saturated rings. The lowest BCUT2D eigenvalue weighted by molar-refractivity contribution is -0.159. The molecule has 2 saturated heterocycles. The standard InChI is InChI=1S/C35H40O8/c1-16(2)12-23(37)41-22-14-18(4)24-21(36)13-17(3)25(24)28-26(22)35(31(39)43-28)15-34-11-10-32(35,6)29(34)27-20(8-9-33(34,7)40)19(5)30(38)42-27/h10-13,20,22,25-29,40H,5,8-9,14-15H2,1-4,6-7H3/t20-,22-,25-,26+,27-,28+,29-,32+,33+,34-,35+/m0/s1. The van der Waals surface area contributed by atoms with Crippen LogP contribution in [0, 0.1) is 39.9 Å². The maximum Gasteiger partial charge on any atom is 0.334 e. The summed E-state index contributed by atoms with van der Waals surface area (Å²) in [5, 5.41) is 12.3. The highest BCUT2D eigenvalue weighted by Gasteiger charge is 2.84. The van der Waals surface area contributed by atoms with E-state index in [0.29, 0.717) is 24.0 Å². The number of ether oxygens (including phenoxy) is 3. The Morgan fingerprint density at radius 1 is 1.12 bits per heavy atom. The third-order valence-corrected chi connectivity index (χ3v) is 12.4. The fraction of sp³-hybridized carbons (Fsp3) is 0.600. The van der Waals surface area contributed by atoms with Crippen LogP contribution >= 0.6 is 0 Å². The first-order chi connectivity index (χ1) is 20.1. The van der Waals surface area contributed by atoms with Gasteiger partial charge in [-0.1, -0.05) is 42.4 Å². The first kappa shape index (κ1) is 28.5. The number of allylic oxidation sites excluding steroid dienone is 3. The van der Waals surface area contributed by atoms with Gasteiger partial charge in [-0.15, -0.1) is 0 Å². The van der Waals surface area contributed by atoms with E-state index in [9.17, 15) is 24.3 Å². The van der Waals surface area contributed by atoms with E-state index in [0.717, 1.165) is 16.7 Å². The number of fused-ring (bicyclic) bond motifs is 6. The minimum atomic E-state index is -1.22. The SMILES string of the molecule is C=C1C(=O)O[C@@H]2[C@@H]3[C@@]4(C=C[C@@]3(C)[C@@]3(C4)C(=O)O[C@@H]4[C@H]5C(C)=CC(=O)C5=C(C)C[C@H](OC(=O)C=C(C)C)[C@H]43)[C@](C)(O)CC[C@@H]12. The minimum Gasteiger partial charge on any atom is -0.460 e. The summed E-state index contributed by atoms with van der Waals surface area (Å²) in [6.45, 7) is 15.3. The largest absolute Gasteiger partial charge is 0.460 e. The lowest BCUT2D eigenvalue weighted by atomic mass is 9.54. The Morgan fingerprint density at radius 3 is 2.53 bits per heavy atom. The van der Waals surface area contributed by atoms with Crippen molar-refractivity contribution in [2.75, 3.05) is 0 Å². The summed E-state index contributed by atoms with van der Waals surface area (Å²) in [6.07, 6.45) is 6.57. The van der Waals surface area contributed by atoms with E-state index in [4.69, 9.17) is 14.2 Å². The molecular weight excluding hydrogens is 548 g/mol. The van der Waals surface area contributed by atoms with Gasteiger partial charge >= 0.3 is 17.9 Å². The van der Waals surface area contributed by atoms with Gasteiger partial charge in [-0.2, -0.15) is 0 Å². The number of carbonyl (C=O) groups excluding carboxylic acids is 4. The number of ketones is 1. The Morgan fingerprint density at radius 2 is 1.84 bits per heavy atom. The van der Waals surface area contributed by atoms with Gasteiger partial charge in [0.1, 0.15) is 18.3 Å². The first-order valence-corrected chi connectivity index (χ1v) is 15.4. The molecule has 8 heteroatoms. The highest BCUT2D eigenvalue weighted by Crippen LogP contribution is 2.80. The number of hydrogen-bond acceptors (Lipinski definition) is 8. The van der Waals surface area contributed by atoms with E-state index >= 15 is 0 Å². The molecule has 5 aliphatic carbocycles. The fourth-order valence-corrected chi connectivity index (χ4v) is 10.6. The van der Waals surface area contributed by atoms with Crippen molar-refractivity contribution in [1.82, 2.24) is 0 Å². The molecule has 11 atom stereocenters. The topological polar surface area (TPSA) is 116 Å². The van der Waals surface area contributed by atoms with Crippen LogP contribution in [0.4, 0.5) is 0 Å². The van der Waals surface area contributed by atoms with Crippen molar-refractivity contribution in [3.05, 3.63) is 58.7 Å². The molecule has 7 rings (SSSR count). The Balaban J connectivity index is 1.44. The van der Waals surface area contributed by atoms with Gasteiger partial charge in [-0.3, -0.25) is 9.59 Å². The zero-order chi connectivity index (χ0) is 31.0. The van der Waals surface area contributed by atoms with Gasteiger partial charge in [0.2, 0.25) is 0 Å². The second-order valence-electron chi connectivity index (χ2n) is 14.8. The zero-order valence-electron chi connectivity index (χ0n) is 25.7. The van der Waals surface area contributed by atoms with Crippen molar-refractivity contribution in [2.24, 2.45) is 39.9 Å². The molecule has 0 aromatic rings. The molecule has 0 radical (unpaired) electrons. The summed E-state index contributed by atoms with van der Waals surface area (Å²) >= 11 is 0. The molecule has 8 nitrogen and oxygen atoms in total. The van der Waals surface area contributed by atoms with Crippen molar-refractivity contribution in [3.8, 4) is 0 Å². The fourth-order valence-electron chi connectivity index (χ4n) is 10.6. The second-order valence-corrected chi connectivity index (χ2v) is 14.8. The van der Waals surface area contributed by atoms with Crippen LogP contribution in [0.5, 0.6) is 0 Å². The summed E-state index contributed by atoms with van der Waals surface area (Å²) in [6, 6.07) is 0. The predicted molar refractivity (Wildman–Crippen MR) is 155 cm³/mol. The third kappa shape index (κ3) is 3.31. The van der Waals surface area contributed by atoms with Crippen LogP contribution in [0.2, 0.25) is 0 Å². The Bertz CT molecular complexity index is 1540. The monoisotopic (exact) mass is 588 g/mol. The number of rotatable bonds is 2. The maximum atomic E-state index is 14.7. The van der Waals surface area contributed by atoms with Gasteiger partial charge in [0.25, 0.3) is 0 Å². The third-order valence-electron chi connectivity index (χ3n) is 12.4. The predicted octanol–water partition coefficient (Wildman–Crippen LogP) is 4.48. The molecule has 2 bridgehead atoms. The van der Waals surface area contributed by atoms with Gasteiger partial charge in [-0.05, 0) is 60.0 Å². The second kappa shape index (κ2) is 8.68. The summed E-state index contributed by atoms with van der Waals surface area (Å²) < 4.78 is 18.7. The van der Waals surface area contributed by atoms with E-state index < -0.39 is 75.8 Å². The molecule has 7 aliphatic rings. The Labute approximate surface area is 251 Å². The van der Waals surface area contributed by atoms with Crippen LogP contribution in [0.1, 0.15) is 67.2 Å². The number of carbonyl (C=O) groups is 4. The van der Waals surface area contributed by atoms with E-state index in [1.807, 2.05) is 53.7 Å². The average molecular weight is 589 g/mol. The van der Waals surface area contributed by atoms with Crippen molar-refractivity contribution >= 4 is 23.7 Å². The Hall–Kier alpha value is -3.26. The van der Waals surface area contributed by atoms with E-state index in [-0.39, 0.29) is 24.5 Å². The van der Waals surface area contributed by atoms with Gasteiger partial charge in [0.15, 0.2) is 5.78 Å². The minimum absolute atomic E-state index is 0.100. The van der Waals surface area contributed by atoms with Gasteiger partial charge in [-0.25, -0.2) is 9.59 Å². The quantitative estimate of drug-likeness (QED) is 0.217. The van der Waals surface area contributed by atoms with Crippen molar-refractivity contribution in [3.63, 3.8) is 0 Å². The molecule has 0 unspecified atom stereocenters. The molecule has 0 amide bonds. The highest BCUT2D eigenvalue weighted by molar-refractivity contribution is 6.09. The number of esters is 3. The van der Waals surface area contributed by atoms with Crippen LogP contribution in [0.15, 0.2) is 58.7 Å². The molecule has 2 saturated carbocycles. The van der Waals surface area contributed by atoms with Crippen LogP contribution < -0.4 is 0 Å². The molecule has 2 heterocycles. The van der Waals surface area contributed by atoms with Crippen molar-refractivity contribution < 1.29 is 38.5 Å². The van der Waals surface area contributed by atoms with Crippen LogP contribution in [-0.2, 0) is 33.4 Å². The molecule has 228 valence electrons. The van der Waals surface area contributed by atoms with Gasteiger partial charge < -0.3 is 19.3 Å². The number of aliphatic hydroxyl groups is 1. The summed E-state index contributed by atoms with van der Waals surface area (Å²) in [4.78, 5) is 54.0. The normalized spacial score (nSPS) is 47.3. The highest BCUT2D eigenvalue weighted by atomic mass is 16.6. The van der Waals surface area contributed by atoms with Gasteiger partial charge in [0.05, 0.1) is 16.9 Å². The maximum absolute atomic E-state index is 14.7. The molecule has 1 N–H and O–H groups in total. The first-order valence-electron chi connectivity index (χ1n) is 15.4. The lowest BCUT2D eigenvalue weighted by Crippen LogP contribution is -2.53. The molecule has 1 spiro atoms. The molecule has 43 heavy (non-hydrogen) atoms. The summed E-state index contributed by atoms with van der Waals surface area (Å²) in [5.74, 6) is -3.21. The van der Waals surface area contributed by atoms with E-state index in [1.165, 1.54) is 6.08 Å². The molecular formula is C35H40O8. The van der Waals surface area contributed by atoms with Crippen LogP contribution in [0.25, 0.3) is 0 Å². The molecule has 0 aromatic carbocycles. The smallest absolute Gasteiger partial charge is 0.334 e. The van der Waals surface area contributed by atoms with E-state index in [1.54, 1.807) is 6.08 Å². The van der Waals surface area contributed by atoms with Crippen molar-refractivity contribution in [1.29, 1.82) is 0 Å². The summed E-state index contributed by atoms with van der Waals surface area (Å²) in [5.41, 5.74) is -0.796. The molecule has 2 aliphatic heterocycles. The number of hydrogen-bond donors (Lipinski definition) is 1. The van der Waals surface area contributed by atoms with Gasteiger partial charge in [0, 0.05) is 52.2 Å². The van der Waals surface area contributed by atoms with Crippen molar-refractivity contribution in [2.45, 2.75) is 91.1 Å². The lowest BCUT2D eigenvalue weighted by Gasteiger charge is -2.46. The Kier molecular flexibility index (Phi) is 5.75.